The third-order valence-corrected chi connectivity index (χ3v) is 2.49. The van der Waals surface area contributed by atoms with Crippen LogP contribution in [0, 0.1) is 0 Å². The minimum Gasteiger partial charge on any atom is -0.377 e. The molecule has 0 radical (unpaired) electrons. The highest BCUT2D eigenvalue weighted by molar-refractivity contribution is 5.90. The molecule has 84 valence electrons. The second-order valence-corrected chi connectivity index (χ2v) is 3.58. The van der Waals surface area contributed by atoms with Crippen LogP contribution >= 0.6 is 0 Å². The molecule has 0 amide bonds. The number of fused-ring (bicyclic) bond motifs is 1. The van der Waals surface area contributed by atoms with Gasteiger partial charge in [0, 0.05) is 17.3 Å². The second-order valence-electron chi connectivity index (χ2n) is 3.58. The summed E-state index contributed by atoms with van der Waals surface area (Å²) in [6, 6.07) is 9.90. The highest BCUT2D eigenvalue weighted by Crippen LogP contribution is 2.21. The van der Waals surface area contributed by atoms with E-state index in [0.29, 0.717) is 12.4 Å². The van der Waals surface area contributed by atoms with Gasteiger partial charge < -0.3 is 9.84 Å². The predicted molar refractivity (Wildman–Crippen MR) is 63.4 cm³/mol. The van der Waals surface area contributed by atoms with Crippen LogP contribution in [0.1, 0.15) is 5.82 Å². The fourth-order valence-corrected chi connectivity index (χ4v) is 1.69. The fourth-order valence-electron chi connectivity index (χ4n) is 1.69. The molecule has 0 saturated heterocycles. The molecule has 1 aromatic carbocycles. The largest absolute Gasteiger partial charge is 0.377 e. The summed E-state index contributed by atoms with van der Waals surface area (Å²) in [5.74, 6) is 0.630. The molecule has 17 heavy (non-hydrogen) atoms. The van der Waals surface area contributed by atoms with Gasteiger partial charge in [-0.3, -0.25) is 4.98 Å². The minimum absolute atomic E-state index is 0.532. The summed E-state index contributed by atoms with van der Waals surface area (Å²) in [7, 11) is 0. The molecule has 3 aromatic rings. The summed E-state index contributed by atoms with van der Waals surface area (Å²) < 4.78 is 4.68. The highest BCUT2D eigenvalue weighted by Gasteiger charge is 2.02. The number of nitrogens with one attached hydrogen (secondary N) is 1. The first kappa shape index (κ1) is 9.77. The van der Waals surface area contributed by atoms with E-state index in [2.05, 4.69) is 25.0 Å². The van der Waals surface area contributed by atoms with Crippen molar-refractivity contribution in [3.05, 3.63) is 48.7 Å². The Labute approximate surface area is 97.5 Å². The maximum atomic E-state index is 4.68. The number of anilines is 1. The van der Waals surface area contributed by atoms with Crippen molar-refractivity contribution in [1.29, 1.82) is 0 Å². The number of nitrogens with zero attached hydrogens (tertiary/aromatic N) is 3. The summed E-state index contributed by atoms with van der Waals surface area (Å²) >= 11 is 0. The first-order valence-electron chi connectivity index (χ1n) is 5.26. The van der Waals surface area contributed by atoms with Gasteiger partial charge in [0.1, 0.15) is 0 Å². The number of para-hydroxylation sites is 1. The molecular weight excluding hydrogens is 216 g/mol. The Morgan fingerprint density at radius 3 is 2.94 bits per heavy atom. The van der Waals surface area contributed by atoms with Gasteiger partial charge in [-0.25, -0.2) is 0 Å². The first-order valence-corrected chi connectivity index (χ1v) is 5.26. The Morgan fingerprint density at radius 1 is 1.12 bits per heavy atom. The summed E-state index contributed by atoms with van der Waals surface area (Å²) in [6.45, 7) is 0.532. The highest BCUT2D eigenvalue weighted by atomic mass is 16.5. The van der Waals surface area contributed by atoms with Crippen LogP contribution in [0.3, 0.4) is 0 Å². The zero-order chi connectivity index (χ0) is 11.5. The molecule has 0 saturated carbocycles. The summed E-state index contributed by atoms with van der Waals surface area (Å²) in [6.07, 6.45) is 3.10. The Morgan fingerprint density at radius 2 is 2.06 bits per heavy atom. The van der Waals surface area contributed by atoms with E-state index in [-0.39, 0.29) is 0 Å². The van der Waals surface area contributed by atoms with Gasteiger partial charge in [-0.2, -0.15) is 4.98 Å². The summed E-state index contributed by atoms with van der Waals surface area (Å²) in [4.78, 5) is 8.25. The van der Waals surface area contributed by atoms with E-state index < -0.39 is 0 Å². The maximum absolute atomic E-state index is 4.68. The fraction of sp³-hybridized carbons (Fsp3) is 0.0833. The van der Waals surface area contributed by atoms with Crippen LogP contribution in [-0.2, 0) is 6.54 Å². The zero-order valence-electron chi connectivity index (χ0n) is 9.00. The van der Waals surface area contributed by atoms with Crippen molar-refractivity contribution in [3.8, 4) is 0 Å². The Hall–Kier alpha value is -2.43. The van der Waals surface area contributed by atoms with Gasteiger partial charge in [0.25, 0.3) is 0 Å². The molecule has 5 heteroatoms. The van der Waals surface area contributed by atoms with Gasteiger partial charge in [-0.1, -0.05) is 23.4 Å². The van der Waals surface area contributed by atoms with Crippen molar-refractivity contribution in [1.82, 2.24) is 15.1 Å². The molecule has 5 nitrogen and oxygen atoms in total. The number of benzene rings is 1. The van der Waals surface area contributed by atoms with Crippen molar-refractivity contribution in [2.75, 3.05) is 5.32 Å². The third kappa shape index (κ3) is 1.94. The topological polar surface area (TPSA) is 63.8 Å². The molecular formula is C12H10N4O. The molecule has 0 unspecified atom stereocenters. The van der Waals surface area contributed by atoms with E-state index in [1.54, 1.807) is 6.20 Å². The first-order chi connectivity index (χ1) is 8.43. The van der Waals surface area contributed by atoms with Crippen LogP contribution in [0.2, 0.25) is 0 Å². The van der Waals surface area contributed by atoms with Gasteiger partial charge in [-0.05, 0) is 12.1 Å². The molecule has 0 aliphatic carbocycles. The van der Waals surface area contributed by atoms with E-state index in [0.717, 1.165) is 16.6 Å². The number of hydrogen-bond acceptors (Lipinski definition) is 5. The van der Waals surface area contributed by atoms with Crippen molar-refractivity contribution in [2.45, 2.75) is 6.54 Å². The van der Waals surface area contributed by atoms with Crippen LogP contribution in [-0.4, -0.2) is 15.1 Å². The van der Waals surface area contributed by atoms with Gasteiger partial charge in [0.15, 0.2) is 5.82 Å². The maximum Gasteiger partial charge on any atom is 0.213 e. The molecule has 2 heterocycles. The second kappa shape index (κ2) is 4.21. The van der Waals surface area contributed by atoms with E-state index in [1.807, 2.05) is 30.3 Å². The van der Waals surface area contributed by atoms with Crippen molar-refractivity contribution in [3.63, 3.8) is 0 Å². The van der Waals surface area contributed by atoms with Crippen molar-refractivity contribution >= 4 is 16.6 Å². The smallest absolute Gasteiger partial charge is 0.213 e. The van der Waals surface area contributed by atoms with E-state index in [4.69, 9.17) is 0 Å². The predicted octanol–water partition coefficient (Wildman–Crippen LogP) is 2.23. The van der Waals surface area contributed by atoms with Crippen molar-refractivity contribution in [2.24, 2.45) is 0 Å². The van der Waals surface area contributed by atoms with E-state index >= 15 is 0 Å². The van der Waals surface area contributed by atoms with Crippen LogP contribution in [0.4, 0.5) is 5.69 Å². The van der Waals surface area contributed by atoms with Crippen LogP contribution in [0.25, 0.3) is 10.9 Å². The zero-order valence-corrected chi connectivity index (χ0v) is 9.00. The lowest BCUT2D eigenvalue weighted by Crippen LogP contribution is -2.01. The normalized spacial score (nSPS) is 10.6. The number of rotatable bonds is 3. The summed E-state index contributed by atoms with van der Waals surface area (Å²) in [5, 5.41) is 8.09. The lowest BCUT2D eigenvalue weighted by atomic mass is 10.2. The monoisotopic (exact) mass is 226 g/mol. The molecule has 0 spiro atoms. The van der Waals surface area contributed by atoms with Crippen molar-refractivity contribution < 1.29 is 4.52 Å². The number of hydrogen-bond donors (Lipinski definition) is 1. The van der Waals surface area contributed by atoms with Gasteiger partial charge in [-0.15, -0.1) is 0 Å². The Kier molecular flexibility index (Phi) is 2.42. The molecule has 2 aromatic heterocycles. The van der Waals surface area contributed by atoms with Gasteiger partial charge in [0.05, 0.1) is 12.1 Å². The van der Waals surface area contributed by atoms with Crippen LogP contribution in [0.15, 0.2) is 47.4 Å². The third-order valence-electron chi connectivity index (χ3n) is 2.49. The Bertz CT molecular complexity index is 616. The molecule has 0 fully saturated rings. The molecule has 3 rings (SSSR count). The molecule has 0 bridgehead atoms. The summed E-state index contributed by atoms with van der Waals surface area (Å²) in [5.41, 5.74) is 1.98. The molecule has 1 N–H and O–H groups in total. The lowest BCUT2D eigenvalue weighted by Gasteiger charge is -2.06. The van der Waals surface area contributed by atoms with Crippen LogP contribution in [0.5, 0.6) is 0 Å². The SMILES string of the molecule is c1ccc2c(NCc3ncon3)ccnc2c1. The van der Waals surface area contributed by atoms with Crippen LogP contribution < -0.4 is 5.32 Å². The average molecular weight is 226 g/mol. The van der Waals surface area contributed by atoms with Gasteiger partial charge >= 0.3 is 0 Å². The number of pyridine rings is 1. The standard InChI is InChI=1S/C12H10N4O/c1-2-4-10-9(3-1)11(5-6-13-10)14-7-12-15-8-17-16-12/h1-6,8H,7H2,(H,13,14). The molecule has 0 aliphatic heterocycles. The Balaban J connectivity index is 1.90. The minimum atomic E-state index is 0.532. The molecule has 0 aliphatic rings. The lowest BCUT2D eigenvalue weighted by molar-refractivity contribution is 0.411. The number of aromatic nitrogens is 3. The van der Waals surface area contributed by atoms with E-state index in [1.165, 1.54) is 6.39 Å². The average Bonchev–Trinajstić information content (AvgIpc) is 2.89. The molecule has 0 atom stereocenters. The van der Waals surface area contributed by atoms with Gasteiger partial charge in [0.2, 0.25) is 6.39 Å². The van der Waals surface area contributed by atoms with E-state index in [9.17, 15) is 0 Å². The quantitative estimate of drug-likeness (QED) is 0.741.